The summed E-state index contributed by atoms with van der Waals surface area (Å²) in [6.07, 6.45) is -4.88. The minimum absolute atomic E-state index is 0.0991. The van der Waals surface area contributed by atoms with E-state index in [1.807, 2.05) is 0 Å². The number of hydrogen-bond acceptors (Lipinski definition) is 4. The van der Waals surface area contributed by atoms with Crippen molar-refractivity contribution in [3.05, 3.63) is 55.7 Å². The zero-order chi connectivity index (χ0) is 18.5. The Morgan fingerprint density at radius 2 is 1.60 bits per heavy atom. The van der Waals surface area contributed by atoms with Gasteiger partial charge in [0.2, 0.25) is 0 Å². The van der Waals surface area contributed by atoms with Gasteiger partial charge in [-0.2, -0.15) is 13.2 Å². The number of hydrogen-bond donors (Lipinski definition) is 0. The summed E-state index contributed by atoms with van der Waals surface area (Å²) in [6, 6.07) is 5.50. The van der Waals surface area contributed by atoms with E-state index in [1.54, 1.807) is 0 Å². The van der Waals surface area contributed by atoms with E-state index in [4.69, 9.17) is 11.6 Å². The van der Waals surface area contributed by atoms with Crippen molar-refractivity contribution in [2.45, 2.75) is 6.18 Å². The summed E-state index contributed by atoms with van der Waals surface area (Å²) in [5, 5.41) is 6.93. The zero-order valence-corrected chi connectivity index (χ0v) is 13.7. The van der Waals surface area contributed by atoms with Crippen molar-refractivity contribution < 1.29 is 13.2 Å². The van der Waals surface area contributed by atoms with Crippen LogP contribution in [0.2, 0.25) is 5.02 Å². The molecule has 130 valence electrons. The van der Waals surface area contributed by atoms with E-state index in [9.17, 15) is 22.8 Å². The molecule has 0 aliphatic heterocycles. The maximum atomic E-state index is 13.8. The lowest BCUT2D eigenvalue weighted by molar-refractivity contribution is -0.136. The molecule has 0 fully saturated rings. The van der Waals surface area contributed by atoms with E-state index in [-0.39, 0.29) is 5.56 Å². The van der Waals surface area contributed by atoms with Crippen LogP contribution >= 0.6 is 11.6 Å². The summed E-state index contributed by atoms with van der Waals surface area (Å²) < 4.78 is 42.7. The minimum Gasteiger partial charge on any atom is -0.279 e. The highest BCUT2D eigenvalue weighted by Crippen LogP contribution is 2.38. The van der Waals surface area contributed by atoms with Crippen molar-refractivity contribution in [2.24, 2.45) is 14.1 Å². The van der Waals surface area contributed by atoms with Crippen LogP contribution in [0.25, 0.3) is 22.3 Å². The van der Waals surface area contributed by atoms with Crippen molar-refractivity contribution in [1.29, 1.82) is 0 Å². The zero-order valence-electron chi connectivity index (χ0n) is 12.9. The molecule has 3 rings (SSSR count). The fourth-order valence-corrected chi connectivity index (χ4v) is 2.65. The summed E-state index contributed by atoms with van der Waals surface area (Å²) in [7, 11) is 2.33. The molecule has 2 heterocycles. The fourth-order valence-electron chi connectivity index (χ4n) is 2.52. The van der Waals surface area contributed by atoms with Gasteiger partial charge in [0.05, 0.1) is 5.39 Å². The van der Waals surface area contributed by atoms with Crippen LogP contribution in [-0.4, -0.2) is 19.3 Å². The highest BCUT2D eigenvalue weighted by atomic mass is 35.5. The van der Waals surface area contributed by atoms with Crippen LogP contribution in [0.5, 0.6) is 0 Å². The van der Waals surface area contributed by atoms with Crippen LogP contribution in [0.1, 0.15) is 5.56 Å². The molecule has 0 unspecified atom stereocenters. The van der Waals surface area contributed by atoms with Gasteiger partial charge in [-0.25, -0.2) is 4.79 Å². The first-order chi connectivity index (χ1) is 11.6. The largest absolute Gasteiger partial charge is 0.419 e. The number of aromatic nitrogens is 4. The van der Waals surface area contributed by atoms with E-state index in [2.05, 4.69) is 10.2 Å². The first kappa shape index (κ1) is 17.2. The number of halogens is 4. The second kappa shape index (κ2) is 5.69. The predicted octanol–water partition coefficient (Wildman–Crippen LogP) is 2.37. The average Bonchev–Trinajstić information content (AvgIpc) is 2.56. The average molecular weight is 371 g/mol. The third-order valence-electron chi connectivity index (χ3n) is 3.77. The number of aryl methyl sites for hydroxylation is 1. The van der Waals surface area contributed by atoms with Gasteiger partial charge in [0, 0.05) is 24.7 Å². The maximum Gasteiger partial charge on any atom is 0.419 e. The van der Waals surface area contributed by atoms with E-state index >= 15 is 0 Å². The highest BCUT2D eigenvalue weighted by Gasteiger charge is 2.39. The first-order valence-electron chi connectivity index (χ1n) is 6.92. The summed E-state index contributed by atoms with van der Waals surface area (Å²) in [5.74, 6) is 0. The lowest BCUT2D eigenvalue weighted by atomic mass is 10.0. The van der Waals surface area contributed by atoms with E-state index in [0.717, 1.165) is 11.6 Å². The molecule has 10 heteroatoms. The molecule has 0 bridgehead atoms. The van der Waals surface area contributed by atoms with E-state index in [0.29, 0.717) is 9.59 Å². The number of fused-ring (bicyclic) bond motifs is 1. The Morgan fingerprint density at radius 3 is 2.16 bits per heavy atom. The van der Waals surface area contributed by atoms with Crippen molar-refractivity contribution in [2.75, 3.05) is 0 Å². The highest BCUT2D eigenvalue weighted by molar-refractivity contribution is 6.30. The van der Waals surface area contributed by atoms with Gasteiger partial charge in [-0.3, -0.25) is 13.9 Å². The van der Waals surface area contributed by atoms with Crippen LogP contribution in [0, 0.1) is 0 Å². The summed E-state index contributed by atoms with van der Waals surface area (Å²) in [6.45, 7) is 0. The molecule has 0 aliphatic rings. The SMILES string of the molecule is Cn1c(=O)c2c(C(F)(F)F)c(-c3ccc(Cl)cc3)nnc2n(C)c1=O. The van der Waals surface area contributed by atoms with Gasteiger partial charge in [-0.1, -0.05) is 23.7 Å². The quantitative estimate of drug-likeness (QED) is 0.659. The standard InChI is InChI=1S/C15H10ClF3N4O2/c1-22-12-9(13(24)23(2)14(22)25)10(15(17,18)19)11(20-21-12)7-3-5-8(16)6-4-7/h3-6H,1-2H3. The van der Waals surface area contributed by atoms with Crippen LogP contribution in [0.15, 0.2) is 33.9 Å². The molecule has 0 atom stereocenters. The Morgan fingerprint density at radius 1 is 1.00 bits per heavy atom. The number of benzene rings is 1. The Kier molecular flexibility index (Phi) is 3.91. The van der Waals surface area contributed by atoms with Crippen LogP contribution < -0.4 is 11.2 Å². The molecule has 25 heavy (non-hydrogen) atoms. The van der Waals surface area contributed by atoms with Gasteiger partial charge in [0.15, 0.2) is 5.65 Å². The van der Waals surface area contributed by atoms with Crippen molar-refractivity contribution >= 4 is 22.6 Å². The Bertz CT molecular complexity index is 1100. The molecule has 0 spiro atoms. The number of nitrogens with zero attached hydrogens (tertiary/aromatic N) is 4. The van der Waals surface area contributed by atoms with Crippen molar-refractivity contribution in [3.8, 4) is 11.3 Å². The fraction of sp³-hybridized carbons (Fsp3) is 0.200. The molecule has 0 saturated carbocycles. The van der Waals surface area contributed by atoms with Gasteiger partial charge < -0.3 is 0 Å². The lowest BCUT2D eigenvalue weighted by Crippen LogP contribution is -2.38. The Balaban J connectivity index is 2.55. The molecular formula is C15H10ClF3N4O2. The molecule has 2 aromatic heterocycles. The predicted molar refractivity (Wildman–Crippen MR) is 85.5 cm³/mol. The van der Waals surface area contributed by atoms with Gasteiger partial charge >= 0.3 is 11.9 Å². The van der Waals surface area contributed by atoms with Gasteiger partial charge in [0.1, 0.15) is 11.3 Å². The minimum atomic E-state index is -4.88. The van der Waals surface area contributed by atoms with Crippen LogP contribution in [-0.2, 0) is 20.3 Å². The Labute approximate surface area is 143 Å². The third-order valence-corrected chi connectivity index (χ3v) is 4.02. The van der Waals surface area contributed by atoms with Gasteiger partial charge in [-0.05, 0) is 12.1 Å². The maximum absolute atomic E-state index is 13.8. The van der Waals surface area contributed by atoms with Crippen LogP contribution in [0.3, 0.4) is 0 Å². The molecule has 0 saturated heterocycles. The smallest absolute Gasteiger partial charge is 0.279 e. The van der Waals surface area contributed by atoms with Crippen molar-refractivity contribution in [3.63, 3.8) is 0 Å². The second-order valence-corrected chi connectivity index (χ2v) is 5.77. The molecule has 0 N–H and O–H groups in total. The third kappa shape index (κ3) is 2.70. The van der Waals surface area contributed by atoms with Crippen LogP contribution in [0.4, 0.5) is 13.2 Å². The molecule has 0 aliphatic carbocycles. The monoisotopic (exact) mass is 370 g/mol. The molecule has 1 aromatic carbocycles. The molecule has 0 radical (unpaired) electrons. The van der Waals surface area contributed by atoms with Crippen molar-refractivity contribution in [1.82, 2.24) is 19.3 Å². The summed E-state index contributed by atoms with van der Waals surface area (Å²) in [5.41, 5.74) is -3.96. The number of rotatable bonds is 1. The number of alkyl halides is 3. The second-order valence-electron chi connectivity index (χ2n) is 5.33. The van der Waals surface area contributed by atoms with E-state index < -0.39 is 39.7 Å². The summed E-state index contributed by atoms with van der Waals surface area (Å²) >= 11 is 5.76. The molecular weight excluding hydrogens is 361 g/mol. The molecule has 0 amide bonds. The topological polar surface area (TPSA) is 69.8 Å². The van der Waals surface area contributed by atoms with Gasteiger partial charge in [-0.15, -0.1) is 10.2 Å². The molecule has 6 nitrogen and oxygen atoms in total. The summed E-state index contributed by atoms with van der Waals surface area (Å²) in [4.78, 5) is 24.3. The Hall–Kier alpha value is -2.68. The first-order valence-corrected chi connectivity index (χ1v) is 7.30. The lowest BCUT2D eigenvalue weighted by Gasteiger charge is -2.15. The normalized spacial score (nSPS) is 11.9. The van der Waals surface area contributed by atoms with Gasteiger partial charge in [0.25, 0.3) is 5.56 Å². The van der Waals surface area contributed by atoms with E-state index in [1.165, 1.54) is 31.3 Å². The molecule has 3 aromatic rings.